The number of aryl methyl sites for hydroxylation is 4. The molecule has 14 nitrogen and oxygen atoms in total. The molecule has 0 unspecified atom stereocenters. The molecule has 0 aromatic carbocycles. The molecule has 2 atom stereocenters. The highest BCUT2D eigenvalue weighted by Crippen LogP contribution is 2.18. The molecule has 4 aromatic heterocycles. The zero-order chi connectivity index (χ0) is 39.5. The third-order valence-corrected chi connectivity index (χ3v) is 7.06. The molecule has 0 bridgehead atoms. The molecule has 15 heteroatoms. The van der Waals surface area contributed by atoms with Crippen molar-refractivity contribution in [2.45, 2.75) is 53.8 Å². The van der Waals surface area contributed by atoms with E-state index in [1.165, 1.54) is 45.1 Å². The van der Waals surface area contributed by atoms with Gasteiger partial charge in [0.05, 0.1) is 39.0 Å². The molecule has 0 aliphatic carbocycles. The minimum atomic E-state index is -1.05. The first-order valence-electron chi connectivity index (χ1n) is 15.0. The Kier molecular flexibility index (Phi) is 18.4. The summed E-state index contributed by atoms with van der Waals surface area (Å²) in [6, 6.07) is 6.41. The van der Waals surface area contributed by atoms with E-state index >= 15 is 0 Å². The number of carbonyl (C=O) groups is 3. The van der Waals surface area contributed by atoms with E-state index in [-0.39, 0.29) is 40.8 Å². The van der Waals surface area contributed by atoms with Gasteiger partial charge in [-0.3, -0.25) is 0 Å². The van der Waals surface area contributed by atoms with Gasteiger partial charge in [0, 0.05) is 0 Å². The summed E-state index contributed by atoms with van der Waals surface area (Å²) in [7, 11) is 2.60. The highest BCUT2D eigenvalue weighted by Gasteiger charge is 2.13. The van der Waals surface area contributed by atoms with Gasteiger partial charge in [-0.2, -0.15) is 0 Å². The molecule has 0 aliphatic rings. The van der Waals surface area contributed by atoms with Crippen LogP contribution in [0.4, 0.5) is 0 Å². The smallest absolute Gasteiger partial charge is 0.356 e. The molecular formula is C37H39BrN4O10. The maximum Gasteiger partial charge on any atom is 0.356 e. The fourth-order valence-electron chi connectivity index (χ4n) is 3.65. The highest BCUT2D eigenvalue weighted by atomic mass is 79.9. The van der Waals surface area contributed by atoms with Gasteiger partial charge in [-0.1, -0.05) is 11.8 Å². The van der Waals surface area contributed by atoms with Crippen molar-refractivity contribution < 1.29 is 48.7 Å². The van der Waals surface area contributed by atoms with E-state index in [1.54, 1.807) is 52.8 Å². The van der Waals surface area contributed by atoms with Crippen molar-refractivity contribution in [1.82, 2.24) is 19.9 Å². The molecule has 52 heavy (non-hydrogen) atoms. The van der Waals surface area contributed by atoms with Gasteiger partial charge < -0.3 is 34.3 Å². The Morgan fingerprint density at radius 3 is 1.35 bits per heavy atom. The van der Waals surface area contributed by atoms with E-state index in [0.29, 0.717) is 28.2 Å². The summed E-state index contributed by atoms with van der Waals surface area (Å²) in [4.78, 5) is 48.2. The molecule has 0 saturated carbocycles. The predicted octanol–water partition coefficient (Wildman–Crippen LogP) is 5.81. The summed E-state index contributed by atoms with van der Waals surface area (Å²) >= 11 is 3.21. The number of esters is 2. The summed E-state index contributed by atoms with van der Waals surface area (Å²) in [5, 5.41) is 26.6. The van der Waals surface area contributed by atoms with E-state index in [4.69, 9.17) is 37.6 Å². The van der Waals surface area contributed by atoms with E-state index in [1.807, 2.05) is 6.92 Å². The summed E-state index contributed by atoms with van der Waals surface area (Å²) < 4.78 is 20.5. The lowest BCUT2D eigenvalue weighted by Crippen LogP contribution is -2.11. The van der Waals surface area contributed by atoms with Gasteiger partial charge in [-0.05, 0) is 104 Å². The van der Waals surface area contributed by atoms with E-state index in [0.717, 1.165) is 10.2 Å². The van der Waals surface area contributed by atoms with Crippen molar-refractivity contribution in [3.63, 3.8) is 0 Å². The number of hydrogen-bond acceptors (Lipinski definition) is 13. The number of ether oxygens (including phenoxy) is 4. The molecule has 4 rings (SSSR count). The quantitative estimate of drug-likeness (QED) is 0.115. The number of halogens is 1. The highest BCUT2D eigenvalue weighted by molar-refractivity contribution is 9.10. The first-order valence-corrected chi connectivity index (χ1v) is 15.8. The second-order valence-corrected chi connectivity index (χ2v) is 11.2. The van der Waals surface area contributed by atoms with Gasteiger partial charge >= 0.3 is 17.9 Å². The first kappa shape index (κ1) is 43.8. The van der Waals surface area contributed by atoms with Gasteiger partial charge in [-0.15, -0.1) is 12.8 Å². The van der Waals surface area contributed by atoms with Crippen molar-refractivity contribution in [1.29, 1.82) is 0 Å². The Balaban J connectivity index is 0.000000353. The Hall–Kier alpha value is -6.19. The number of terminal acetylenes is 2. The second kappa shape index (κ2) is 21.8. The summed E-state index contributed by atoms with van der Waals surface area (Å²) in [5.74, 6) is 4.09. The fourth-order valence-corrected chi connectivity index (χ4v) is 3.87. The van der Waals surface area contributed by atoms with Crippen LogP contribution in [-0.2, 0) is 9.47 Å². The SMILES string of the molecule is C#C[C@H](C)Oc1cnc(C(=O)O)c(C)c1.C#C[C@H](C)Oc1cnc(C(=O)OC)c(C)c1.COC(=O)c1ncc(O)cc1C.Cc1cc(O)cnc1Br. The Morgan fingerprint density at radius 2 is 1.02 bits per heavy atom. The molecule has 0 aliphatic heterocycles. The number of carboxylic acids is 1. The van der Waals surface area contributed by atoms with Crippen LogP contribution in [0.15, 0.2) is 53.7 Å². The number of aromatic hydroxyl groups is 2. The molecular weight excluding hydrogens is 740 g/mol. The number of aromatic nitrogens is 4. The van der Waals surface area contributed by atoms with Gasteiger partial charge in [0.15, 0.2) is 29.3 Å². The Labute approximate surface area is 310 Å². The molecule has 0 radical (unpaired) electrons. The van der Waals surface area contributed by atoms with E-state index < -0.39 is 17.9 Å². The standard InChI is InChI=1S/C12H13NO3.C11H11NO3.C8H9NO3.C6H6BrNO/c1-5-9(3)16-10-6-8(2)11(13-7-10)12(14)15-4;1-4-8(3)15-9-5-7(2)10(11(13)14)12-6-9;1-5-3-6(10)4-9-7(5)8(11)12-2;1-4-2-5(9)3-8-6(4)7/h1,6-7,9H,2-4H3;1,5-6,8H,2-3H3,(H,13,14);3-4,10H,1-2H3;2-3,9H,1H3/t9-;8-;;/m00../s1. The predicted molar refractivity (Wildman–Crippen MR) is 194 cm³/mol. The lowest BCUT2D eigenvalue weighted by molar-refractivity contribution is 0.0584. The normalized spacial score (nSPS) is 10.7. The molecule has 0 spiro atoms. The lowest BCUT2D eigenvalue weighted by atomic mass is 10.2. The topological polar surface area (TPSA) is 200 Å². The Morgan fingerprint density at radius 1 is 0.654 bits per heavy atom. The number of carbonyl (C=O) groups excluding carboxylic acids is 2. The Bertz CT molecular complexity index is 1940. The average Bonchev–Trinajstić information content (AvgIpc) is 3.10. The van der Waals surface area contributed by atoms with Crippen molar-refractivity contribution in [2.24, 2.45) is 0 Å². The van der Waals surface area contributed by atoms with Crippen LogP contribution in [0.1, 0.15) is 67.6 Å². The number of aromatic carboxylic acids is 1. The van der Waals surface area contributed by atoms with Crippen molar-refractivity contribution in [3.8, 4) is 47.7 Å². The molecule has 3 N–H and O–H groups in total. The van der Waals surface area contributed by atoms with Crippen LogP contribution in [0.5, 0.6) is 23.0 Å². The van der Waals surface area contributed by atoms with Gasteiger partial charge in [0.2, 0.25) is 0 Å². The van der Waals surface area contributed by atoms with E-state index in [9.17, 15) is 14.4 Å². The zero-order valence-electron chi connectivity index (χ0n) is 29.8. The second-order valence-electron chi connectivity index (χ2n) is 10.5. The van der Waals surface area contributed by atoms with Crippen LogP contribution >= 0.6 is 15.9 Å². The van der Waals surface area contributed by atoms with Crippen LogP contribution in [0.3, 0.4) is 0 Å². The zero-order valence-corrected chi connectivity index (χ0v) is 31.4. The van der Waals surface area contributed by atoms with Crippen LogP contribution in [0.25, 0.3) is 0 Å². The van der Waals surface area contributed by atoms with Gasteiger partial charge in [0.1, 0.15) is 27.6 Å². The summed E-state index contributed by atoms with van der Waals surface area (Å²) in [6.07, 6.45) is 15.1. The number of carboxylic acid groups (broad SMARTS) is 1. The third-order valence-electron chi connectivity index (χ3n) is 6.23. The van der Waals surface area contributed by atoms with Crippen molar-refractivity contribution in [2.75, 3.05) is 14.2 Å². The van der Waals surface area contributed by atoms with Crippen LogP contribution in [0.2, 0.25) is 0 Å². The molecule has 274 valence electrons. The largest absolute Gasteiger partial charge is 0.506 e. The van der Waals surface area contributed by atoms with Gasteiger partial charge in [0.25, 0.3) is 0 Å². The third kappa shape index (κ3) is 14.7. The average molecular weight is 780 g/mol. The lowest BCUT2D eigenvalue weighted by Gasteiger charge is -2.10. The number of methoxy groups -OCH3 is 2. The number of hydrogen-bond donors (Lipinski definition) is 3. The number of pyridine rings is 4. The molecule has 4 heterocycles. The maximum atomic E-state index is 11.3. The molecule has 0 amide bonds. The van der Waals surface area contributed by atoms with Crippen LogP contribution in [-0.4, -0.2) is 79.6 Å². The number of nitrogens with zero attached hydrogens (tertiary/aromatic N) is 4. The fraction of sp³-hybridized carbons (Fsp3) is 0.270. The molecule has 0 saturated heterocycles. The van der Waals surface area contributed by atoms with Crippen molar-refractivity contribution >= 4 is 33.8 Å². The molecule has 0 fully saturated rings. The first-order chi connectivity index (χ1) is 24.5. The monoisotopic (exact) mass is 778 g/mol. The maximum absolute atomic E-state index is 11.3. The van der Waals surface area contributed by atoms with Gasteiger partial charge in [-0.25, -0.2) is 34.3 Å². The minimum absolute atomic E-state index is 0.0238. The summed E-state index contributed by atoms with van der Waals surface area (Å²) in [6.45, 7) is 10.4. The van der Waals surface area contributed by atoms with E-state index in [2.05, 4.69) is 57.2 Å². The van der Waals surface area contributed by atoms with Crippen molar-refractivity contribution in [3.05, 3.63) is 93.0 Å². The van der Waals surface area contributed by atoms with Crippen LogP contribution < -0.4 is 9.47 Å². The number of rotatable bonds is 7. The minimum Gasteiger partial charge on any atom is -0.506 e. The summed E-state index contributed by atoms with van der Waals surface area (Å²) in [5.41, 5.74) is 3.31. The molecule has 4 aromatic rings. The van der Waals surface area contributed by atoms with Crippen LogP contribution in [0, 0.1) is 52.4 Å².